The molecule has 3 heterocycles. The van der Waals surface area contributed by atoms with E-state index in [9.17, 15) is 9.18 Å². The number of hydrogen-bond acceptors (Lipinski definition) is 5. The maximum Gasteiger partial charge on any atom is 0.229 e. The van der Waals surface area contributed by atoms with Crippen molar-refractivity contribution in [3.63, 3.8) is 0 Å². The Morgan fingerprint density at radius 2 is 2.06 bits per heavy atom. The van der Waals surface area contributed by atoms with Crippen molar-refractivity contribution in [3.05, 3.63) is 65.1 Å². The Morgan fingerprint density at radius 1 is 1.25 bits per heavy atom. The van der Waals surface area contributed by atoms with Crippen molar-refractivity contribution >= 4 is 44.6 Å². The summed E-state index contributed by atoms with van der Waals surface area (Å²) in [7, 11) is 0. The smallest absolute Gasteiger partial charge is 0.229 e. The molecule has 0 spiro atoms. The minimum absolute atomic E-state index is 0.00000337. The molecule has 1 aliphatic heterocycles. The summed E-state index contributed by atoms with van der Waals surface area (Å²) in [5.41, 5.74) is 3.33. The van der Waals surface area contributed by atoms with Crippen LogP contribution in [0.5, 0.6) is 0 Å². The van der Waals surface area contributed by atoms with E-state index < -0.39 is 0 Å². The van der Waals surface area contributed by atoms with Gasteiger partial charge in [0.25, 0.3) is 0 Å². The molecule has 0 radical (unpaired) electrons. The van der Waals surface area contributed by atoms with Gasteiger partial charge in [-0.2, -0.15) is 0 Å². The second-order valence-corrected chi connectivity index (χ2v) is 9.35. The van der Waals surface area contributed by atoms with E-state index in [1.807, 2.05) is 25.3 Å². The molecule has 1 amide bonds. The van der Waals surface area contributed by atoms with Gasteiger partial charge >= 0.3 is 0 Å². The average molecular weight is 470 g/mol. The van der Waals surface area contributed by atoms with Gasteiger partial charge in [0.05, 0.1) is 17.8 Å². The molecule has 1 unspecified atom stereocenters. The number of imidazole rings is 1. The second-order valence-electron chi connectivity index (χ2n) is 7.98. The van der Waals surface area contributed by atoms with E-state index >= 15 is 0 Å². The molecule has 4 aromatic rings. The predicted molar refractivity (Wildman–Crippen MR) is 126 cm³/mol. The van der Waals surface area contributed by atoms with Gasteiger partial charge in [-0.1, -0.05) is 29.0 Å². The SMILES string of the molecule is Cc1ccc(Cl)cc1NC(=O)C1CCCN(c2nn3cc(-c4ccc(F)cc4)nc3s2)C1. The fourth-order valence-electron chi connectivity index (χ4n) is 3.91. The average Bonchev–Trinajstić information content (AvgIpc) is 3.36. The van der Waals surface area contributed by atoms with E-state index in [0.29, 0.717) is 11.6 Å². The summed E-state index contributed by atoms with van der Waals surface area (Å²) in [6, 6.07) is 11.8. The largest absolute Gasteiger partial charge is 0.346 e. The molecule has 1 N–H and O–H groups in total. The molecule has 0 bridgehead atoms. The highest BCUT2D eigenvalue weighted by Crippen LogP contribution is 2.30. The summed E-state index contributed by atoms with van der Waals surface area (Å²) in [6.07, 6.45) is 3.59. The van der Waals surface area contributed by atoms with Crippen LogP contribution < -0.4 is 10.2 Å². The van der Waals surface area contributed by atoms with Gasteiger partial charge in [-0.15, -0.1) is 5.10 Å². The fourth-order valence-corrected chi connectivity index (χ4v) is 5.00. The Kier molecular flexibility index (Phi) is 5.57. The van der Waals surface area contributed by atoms with Gasteiger partial charge < -0.3 is 10.2 Å². The van der Waals surface area contributed by atoms with E-state index in [4.69, 9.17) is 11.6 Å². The molecular weight excluding hydrogens is 449 g/mol. The maximum atomic E-state index is 13.2. The van der Waals surface area contributed by atoms with E-state index in [1.54, 1.807) is 22.7 Å². The number of piperidine rings is 1. The highest BCUT2D eigenvalue weighted by molar-refractivity contribution is 7.20. The molecule has 1 atom stereocenters. The van der Waals surface area contributed by atoms with Gasteiger partial charge in [0.2, 0.25) is 16.0 Å². The lowest BCUT2D eigenvalue weighted by Crippen LogP contribution is -2.40. The Labute approximate surface area is 193 Å². The number of nitrogens with one attached hydrogen (secondary N) is 1. The molecule has 2 aromatic heterocycles. The minimum atomic E-state index is -0.274. The summed E-state index contributed by atoms with van der Waals surface area (Å²) in [6.45, 7) is 3.40. The normalized spacial score (nSPS) is 16.5. The number of carbonyl (C=O) groups excluding carboxylic acids is 1. The Balaban J connectivity index is 1.30. The van der Waals surface area contributed by atoms with Crippen LogP contribution in [0.15, 0.2) is 48.7 Å². The molecule has 0 saturated carbocycles. The number of amides is 1. The summed E-state index contributed by atoms with van der Waals surface area (Å²) in [5, 5.41) is 9.15. The molecule has 1 saturated heterocycles. The Morgan fingerprint density at radius 3 is 2.84 bits per heavy atom. The van der Waals surface area contributed by atoms with Crippen LogP contribution in [-0.4, -0.2) is 33.6 Å². The first-order valence-corrected chi connectivity index (χ1v) is 11.6. The number of nitrogens with zero attached hydrogens (tertiary/aromatic N) is 4. The maximum absolute atomic E-state index is 13.2. The van der Waals surface area contributed by atoms with Gasteiger partial charge in [0, 0.05) is 29.4 Å². The number of aromatic nitrogens is 3. The van der Waals surface area contributed by atoms with E-state index in [1.165, 1.54) is 23.5 Å². The fraction of sp³-hybridized carbons (Fsp3) is 0.261. The first-order chi connectivity index (χ1) is 15.5. The zero-order valence-electron chi connectivity index (χ0n) is 17.4. The summed E-state index contributed by atoms with van der Waals surface area (Å²) in [5.74, 6) is -0.405. The van der Waals surface area contributed by atoms with E-state index in [2.05, 4.69) is 20.3 Å². The van der Waals surface area contributed by atoms with Crippen LogP contribution in [0.3, 0.4) is 0 Å². The lowest BCUT2D eigenvalue weighted by Gasteiger charge is -2.31. The molecule has 9 heteroatoms. The van der Waals surface area contributed by atoms with Crippen LogP contribution in [-0.2, 0) is 4.79 Å². The first-order valence-electron chi connectivity index (χ1n) is 10.4. The monoisotopic (exact) mass is 469 g/mol. The zero-order chi connectivity index (χ0) is 22.2. The van der Waals surface area contributed by atoms with Gasteiger partial charge in [0.15, 0.2) is 0 Å². The van der Waals surface area contributed by atoms with Crippen molar-refractivity contribution in [2.24, 2.45) is 5.92 Å². The lowest BCUT2D eigenvalue weighted by molar-refractivity contribution is -0.120. The van der Waals surface area contributed by atoms with Crippen molar-refractivity contribution < 1.29 is 9.18 Å². The van der Waals surface area contributed by atoms with Crippen molar-refractivity contribution in [3.8, 4) is 11.3 Å². The first kappa shape index (κ1) is 20.9. The Bertz CT molecular complexity index is 1250. The zero-order valence-corrected chi connectivity index (χ0v) is 19.0. The minimum Gasteiger partial charge on any atom is -0.346 e. The quantitative estimate of drug-likeness (QED) is 0.434. The van der Waals surface area contributed by atoms with Crippen molar-refractivity contribution in [1.29, 1.82) is 0 Å². The molecule has 1 aliphatic rings. The number of rotatable bonds is 4. The number of anilines is 2. The standard InChI is InChI=1S/C23H21ClFN5OS/c1-14-4-7-17(24)11-19(14)26-21(31)16-3-2-10-29(12-16)23-28-30-13-20(27-22(30)32-23)15-5-8-18(25)9-6-15/h4-9,11,13,16H,2-3,10,12H2,1H3,(H,26,31). The second kappa shape index (κ2) is 8.52. The molecule has 1 fully saturated rings. The van der Waals surface area contributed by atoms with E-state index in [-0.39, 0.29) is 17.6 Å². The third-order valence-corrected chi connectivity index (χ3v) is 6.91. The number of aryl methyl sites for hydroxylation is 1. The Hall–Kier alpha value is -2.97. The van der Waals surface area contributed by atoms with Crippen molar-refractivity contribution in [1.82, 2.24) is 14.6 Å². The van der Waals surface area contributed by atoms with Crippen LogP contribution in [0.1, 0.15) is 18.4 Å². The van der Waals surface area contributed by atoms with Crippen LogP contribution in [0.25, 0.3) is 16.2 Å². The van der Waals surface area contributed by atoms with Crippen LogP contribution in [0.2, 0.25) is 5.02 Å². The summed E-state index contributed by atoms with van der Waals surface area (Å²) in [4.78, 5) is 20.5. The number of fused-ring (bicyclic) bond motifs is 1. The highest BCUT2D eigenvalue weighted by atomic mass is 35.5. The molecular formula is C23H21ClFN5OS. The van der Waals surface area contributed by atoms with Crippen LogP contribution in [0, 0.1) is 18.7 Å². The highest BCUT2D eigenvalue weighted by Gasteiger charge is 2.28. The molecule has 0 aliphatic carbocycles. The van der Waals surface area contributed by atoms with Gasteiger partial charge in [-0.3, -0.25) is 4.79 Å². The molecule has 164 valence electrons. The molecule has 32 heavy (non-hydrogen) atoms. The number of benzene rings is 2. The summed E-state index contributed by atoms with van der Waals surface area (Å²) < 4.78 is 14.9. The van der Waals surface area contributed by atoms with E-state index in [0.717, 1.165) is 52.0 Å². The van der Waals surface area contributed by atoms with Crippen molar-refractivity contribution in [2.45, 2.75) is 19.8 Å². The number of hydrogen-bond donors (Lipinski definition) is 1. The van der Waals surface area contributed by atoms with Gasteiger partial charge in [0.1, 0.15) is 5.82 Å². The summed E-state index contributed by atoms with van der Waals surface area (Å²) >= 11 is 7.57. The topological polar surface area (TPSA) is 62.5 Å². The molecule has 2 aromatic carbocycles. The van der Waals surface area contributed by atoms with Crippen LogP contribution in [0.4, 0.5) is 15.2 Å². The van der Waals surface area contributed by atoms with Gasteiger partial charge in [-0.05, 0) is 61.7 Å². The van der Waals surface area contributed by atoms with Crippen LogP contribution >= 0.6 is 22.9 Å². The lowest BCUT2D eigenvalue weighted by atomic mass is 9.97. The van der Waals surface area contributed by atoms with Gasteiger partial charge in [-0.25, -0.2) is 13.9 Å². The predicted octanol–water partition coefficient (Wildman–Crippen LogP) is 5.41. The van der Waals surface area contributed by atoms with Crippen molar-refractivity contribution in [2.75, 3.05) is 23.3 Å². The number of carbonyl (C=O) groups is 1. The third-order valence-electron chi connectivity index (χ3n) is 5.69. The third kappa shape index (κ3) is 4.20. The number of halogens is 2. The molecule has 6 nitrogen and oxygen atoms in total. The molecule has 5 rings (SSSR count).